The summed E-state index contributed by atoms with van der Waals surface area (Å²) < 4.78 is 1.88. The van der Waals surface area contributed by atoms with Crippen molar-refractivity contribution < 1.29 is 0 Å². The van der Waals surface area contributed by atoms with E-state index in [2.05, 4.69) is 15.4 Å². The molecule has 3 rings (SSSR count). The van der Waals surface area contributed by atoms with Gasteiger partial charge in [-0.05, 0) is 17.7 Å². The molecule has 0 radical (unpaired) electrons. The summed E-state index contributed by atoms with van der Waals surface area (Å²) in [5.74, 6) is 6.81. The topological polar surface area (TPSA) is 71.5 Å². The Morgan fingerprint density at radius 1 is 1.33 bits per heavy atom. The Hall–Kier alpha value is -2.31. The van der Waals surface area contributed by atoms with E-state index in [9.17, 15) is 0 Å². The van der Waals surface area contributed by atoms with Gasteiger partial charge in [-0.3, -0.25) is 0 Å². The zero-order chi connectivity index (χ0) is 14.8. The number of aromatic nitrogens is 3. The van der Waals surface area contributed by atoms with Gasteiger partial charge in [-0.1, -0.05) is 23.7 Å². The first-order valence-corrected chi connectivity index (χ1v) is 6.81. The number of imidazole rings is 1. The number of hydrogen-bond acceptors (Lipinski definition) is 5. The van der Waals surface area contributed by atoms with E-state index in [0.717, 1.165) is 22.1 Å². The third kappa shape index (κ3) is 2.76. The van der Waals surface area contributed by atoms with Crippen molar-refractivity contribution in [1.29, 1.82) is 0 Å². The van der Waals surface area contributed by atoms with Gasteiger partial charge >= 0.3 is 0 Å². The summed E-state index contributed by atoms with van der Waals surface area (Å²) >= 11 is 5.91. The molecular formula is C14H15ClN6. The predicted molar refractivity (Wildman–Crippen MR) is 84.4 cm³/mol. The lowest BCUT2D eigenvalue weighted by Gasteiger charge is -2.19. The second kappa shape index (κ2) is 5.59. The van der Waals surface area contributed by atoms with E-state index in [-0.39, 0.29) is 0 Å². The van der Waals surface area contributed by atoms with Crippen LogP contribution in [-0.2, 0) is 6.54 Å². The van der Waals surface area contributed by atoms with Crippen LogP contribution in [-0.4, -0.2) is 21.4 Å². The Morgan fingerprint density at radius 2 is 2.10 bits per heavy atom. The number of hydrogen-bond donors (Lipinski definition) is 2. The molecule has 0 fully saturated rings. The largest absolute Gasteiger partial charge is 0.352 e. The highest BCUT2D eigenvalue weighted by Gasteiger charge is 2.12. The van der Waals surface area contributed by atoms with Gasteiger partial charge in [0.15, 0.2) is 17.3 Å². The lowest BCUT2D eigenvalue weighted by atomic mass is 10.2. The van der Waals surface area contributed by atoms with Gasteiger partial charge in [0.2, 0.25) is 0 Å². The van der Waals surface area contributed by atoms with Crippen LogP contribution in [0.5, 0.6) is 0 Å². The van der Waals surface area contributed by atoms with Crippen molar-refractivity contribution in [1.82, 2.24) is 14.4 Å². The van der Waals surface area contributed by atoms with Crippen molar-refractivity contribution in [3.63, 3.8) is 0 Å². The van der Waals surface area contributed by atoms with Crippen LogP contribution in [0.4, 0.5) is 11.6 Å². The molecule has 6 nitrogen and oxygen atoms in total. The molecule has 0 amide bonds. The van der Waals surface area contributed by atoms with Crippen LogP contribution < -0.4 is 16.2 Å². The van der Waals surface area contributed by atoms with Crippen LogP contribution in [0.3, 0.4) is 0 Å². The molecule has 3 aromatic rings. The Balaban J connectivity index is 1.94. The van der Waals surface area contributed by atoms with E-state index in [1.165, 1.54) is 0 Å². The number of rotatable bonds is 4. The van der Waals surface area contributed by atoms with Crippen LogP contribution in [0.1, 0.15) is 5.56 Å². The van der Waals surface area contributed by atoms with E-state index in [1.807, 2.05) is 46.8 Å². The minimum absolute atomic E-state index is 0.582. The number of hydrazine groups is 1. The molecule has 3 N–H and O–H groups in total. The Bertz CT molecular complexity index is 752. The smallest absolute Gasteiger partial charge is 0.180 e. The number of benzene rings is 1. The SMILES string of the molecule is CN(Cc1ccc(Cl)cc1)c1nc(NN)cn2ccnc12. The molecule has 0 bridgehead atoms. The fourth-order valence-electron chi connectivity index (χ4n) is 2.18. The summed E-state index contributed by atoms with van der Waals surface area (Å²) in [6, 6.07) is 7.74. The van der Waals surface area contributed by atoms with E-state index >= 15 is 0 Å². The van der Waals surface area contributed by atoms with Gasteiger partial charge in [-0.15, -0.1) is 0 Å². The highest BCUT2D eigenvalue weighted by Crippen LogP contribution is 2.21. The zero-order valence-corrected chi connectivity index (χ0v) is 12.2. The zero-order valence-electron chi connectivity index (χ0n) is 11.5. The third-order valence-corrected chi connectivity index (χ3v) is 3.45. The quantitative estimate of drug-likeness (QED) is 0.571. The molecule has 21 heavy (non-hydrogen) atoms. The first kappa shape index (κ1) is 13.7. The summed E-state index contributed by atoms with van der Waals surface area (Å²) in [5.41, 5.74) is 4.49. The average molecular weight is 303 g/mol. The number of fused-ring (bicyclic) bond motifs is 1. The summed E-state index contributed by atoms with van der Waals surface area (Å²) in [6.07, 6.45) is 5.39. The van der Waals surface area contributed by atoms with Gasteiger partial charge in [0, 0.05) is 31.0 Å². The molecule has 0 aliphatic heterocycles. The predicted octanol–water partition coefficient (Wildman–Crippen LogP) is 2.30. The maximum atomic E-state index is 5.91. The van der Waals surface area contributed by atoms with Gasteiger partial charge in [-0.25, -0.2) is 15.8 Å². The number of nitrogens with zero attached hydrogens (tertiary/aromatic N) is 4. The molecule has 2 aromatic heterocycles. The highest BCUT2D eigenvalue weighted by molar-refractivity contribution is 6.30. The van der Waals surface area contributed by atoms with Gasteiger partial charge in [-0.2, -0.15) is 0 Å². The molecule has 108 valence electrons. The molecule has 0 unspecified atom stereocenters. The summed E-state index contributed by atoms with van der Waals surface area (Å²) in [4.78, 5) is 10.8. The number of nitrogens with one attached hydrogen (secondary N) is 1. The van der Waals surface area contributed by atoms with Gasteiger partial charge in [0.1, 0.15) is 0 Å². The van der Waals surface area contributed by atoms with E-state index in [4.69, 9.17) is 17.4 Å². The molecule has 0 spiro atoms. The average Bonchev–Trinajstić information content (AvgIpc) is 2.96. The number of nitrogens with two attached hydrogens (primary N) is 1. The normalized spacial score (nSPS) is 10.8. The summed E-state index contributed by atoms with van der Waals surface area (Å²) in [7, 11) is 1.96. The number of nitrogen functional groups attached to an aromatic ring is 1. The molecular weight excluding hydrogens is 288 g/mol. The van der Waals surface area contributed by atoms with E-state index in [0.29, 0.717) is 12.4 Å². The van der Waals surface area contributed by atoms with Crippen LogP contribution in [0.15, 0.2) is 42.9 Å². The molecule has 0 atom stereocenters. The van der Waals surface area contributed by atoms with Gasteiger partial charge in [0.25, 0.3) is 0 Å². The summed E-state index contributed by atoms with van der Waals surface area (Å²) in [5, 5.41) is 0.726. The van der Waals surface area contributed by atoms with Crippen molar-refractivity contribution in [3.8, 4) is 0 Å². The van der Waals surface area contributed by atoms with Crippen LogP contribution in [0, 0.1) is 0 Å². The first-order chi connectivity index (χ1) is 10.2. The second-order valence-corrected chi connectivity index (χ2v) is 5.17. The van der Waals surface area contributed by atoms with Crippen LogP contribution >= 0.6 is 11.6 Å². The summed E-state index contributed by atoms with van der Waals surface area (Å²) in [6.45, 7) is 0.695. The minimum atomic E-state index is 0.582. The minimum Gasteiger partial charge on any atom is -0.352 e. The lowest BCUT2D eigenvalue weighted by Crippen LogP contribution is -2.20. The fourth-order valence-corrected chi connectivity index (χ4v) is 2.31. The standard InChI is InChI=1S/C14H15ClN6/c1-20(8-10-2-4-11(15)5-3-10)14-13-17-6-7-21(13)9-12(18-14)19-16/h2-7,9,19H,8,16H2,1H3. The number of anilines is 2. The van der Waals surface area contributed by atoms with Crippen LogP contribution in [0.2, 0.25) is 5.02 Å². The van der Waals surface area contributed by atoms with Crippen LogP contribution in [0.25, 0.3) is 5.65 Å². The van der Waals surface area contributed by atoms with Gasteiger partial charge < -0.3 is 14.7 Å². The Morgan fingerprint density at radius 3 is 2.81 bits per heavy atom. The molecule has 1 aromatic carbocycles. The Kier molecular flexibility index (Phi) is 3.64. The van der Waals surface area contributed by atoms with E-state index in [1.54, 1.807) is 12.4 Å². The molecule has 0 saturated carbocycles. The molecule has 0 saturated heterocycles. The maximum absolute atomic E-state index is 5.91. The lowest BCUT2D eigenvalue weighted by molar-refractivity contribution is 0.892. The Labute approximate surface area is 127 Å². The van der Waals surface area contributed by atoms with Gasteiger partial charge in [0.05, 0.1) is 6.20 Å². The highest BCUT2D eigenvalue weighted by atomic mass is 35.5. The maximum Gasteiger partial charge on any atom is 0.180 e. The number of halogens is 1. The van der Waals surface area contributed by atoms with E-state index < -0.39 is 0 Å². The van der Waals surface area contributed by atoms with Crippen molar-refractivity contribution >= 4 is 28.9 Å². The van der Waals surface area contributed by atoms with Crippen molar-refractivity contribution in [2.45, 2.75) is 6.54 Å². The first-order valence-electron chi connectivity index (χ1n) is 6.43. The fraction of sp³-hybridized carbons (Fsp3) is 0.143. The molecule has 2 heterocycles. The van der Waals surface area contributed by atoms with Crippen molar-refractivity contribution in [2.24, 2.45) is 5.84 Å². The van der Waals surface area contributed by atoms with Crippen molar-refractivity contribution in [2.75, 3.05) is 17.4 Å². The van der Waals surface area contributed by atoms with Crippen molar-refractivity contribution in [3.05, 3.63) is 53.4 Å². The third-order valence-electron chi connectivity index (χ3n) is 3.20. The molecule has 0 aliphatic carbocycles. The monoisotopic (exact) mass is 302 g/mol. The second-order valence-electron chi connectivity index (χ2n) is 4.73. The molecule has 7 heteroatoms. The molecule has 0 aliphatic rings.